The van der Waals surface area contributed by atoms with Gasteiger partial charge in [0.1, 0.15) is 0 Å². The normalized spacial score (nSPS) is 38.5. The van der Waals surface area contributed by atoms with Gasteiger partial charge in [-0.05, 0) is 43.4 Å². The van der Waals surface area contributed by atoms with Crippen molar-refractivity contribution in [3.05, 3.63) is 0 Å². The van der Waals surface area contributed by atoms with Gasteiger partial charge in [0, 0.05) is 23.9 Å². The highest BCUT2D eigenvalue weighted by Crippen LogP contribution is 2.44. The summed E-state index contributed by atoms with van der Waals surface area (Å²) in [5.74, 6) is 2.53. The highest BCUT2D eigenvalue weighted by molar-refractivity contribution is 7.99. The molecule has 2 N–H and O–H groups in total. The lowest BCUT2D eigenvalue weighted by molar-refractivity contribution is 0.0558. The molecule has 2 unspecified atom stereocenters. The number of rotatable bonds is 3. The van der Waals surface area contributed by atoms with Crippen molar-refractivity contribution in [3.63, 3.8) is 0 Å². The monoisotopic (exact) mass is 256 g/mol. The Morgan fingerprint density at radius 3 is 2.71 bits per heavy atom. The van der Waals surface area contributed by atoms with Crippen molar-refractivity contribution >= 4 is 11.8 Å². The summed E-state index contributed by atoms with van der Waals surface area (Å²) in [6, 6.07) is 0.785. The number of likely N-dealkylation sites (tertiary alicyclic amines) is 1. The number of hydrogen-bond acceptors (Lipinski definition) is 3. The van der Waals surface area contributed by atoms with Crippen LogP contribution in [0.15, 0.2) is 0 Å². The number of nitrogens with zero attached hydrogens (tertiary/aromatic N) is 1. The molecular weight excluding hydrogens is 228 g/mol. The molecule has 2 aliphatic heterocycles. The molecule has 100 valence electrons. The van der Waals surface area contributed by atoms with E-state index < -0.39 is 0 Å². The zero-order valence-corrected chi connectivity index (χ0v) is 12.5. The van der Waals surface area contributed by atoms with Crippen molar-refractivity contribution in [3.8, 4) is 0 Å². The van der Waals surface area contributed by atoms with Gasteiger partial charge in [-0.3, -0.25) is 4.90 Å². The number of thioether (sulfide) groups is 1. The second-order valence-corrected chi connectivity index (χ2v) is 7.65. The fraction of sp³-hybridized carbons (Fsp3) is 1.00. The van der Waals surface area contributed by atoms with Crippen LogP contribution in [0.1, 0.15) is 46.5 Å². The molecule has 0 radical (unpaired) electrons. The maximum absolute atomic E-state index is 6.20. The Kier molecular flexibility index (Phi) is 4.11. The molecule has 0 saturated carbocycles. The van der Waals surface area contributed by atoms with Gasteiger partial charge >= 0.3 is 0 Å². The highest BCUT2D eigenvalue weighted by Gasteiger charge is 2.46. The molecule has 3 heteroatoms. The average molecular weight is 256 g/mol. The summed E-state index contributed by atoms with van der Waals surface area (Å²) in [5, 5.41) is 0. The minimum Gasteiger partial charge on any atom is -0.329 e. The van der Waals surface area contributed by atoms with E-state index in [1.165, 1.54) is 43.7 Å². The fourth-order valence-corrected chi connectivity index (χ4v) is 5.35. The SMILES string of the molecule is CCC1CCCN1C1(CN)CSCC(C)(C)C1. The van der Waals surface area contributed by atoms with Gasteiger partial charge in [-0.2, -0.15) is 11.8 Å². The van der Waals surface area contributed by atoms with Gasteiger partial charge in [0.25, 0.3) is 0 Å². The molecule has 0 aromatic carbocycles. The van der Waals surface area contributed by atoms with Gasteiger partial charge in [-0.1, -0.05) is 20.8 Å². The molecule has 0 aliphatic carbocycles. The lowest BCUT2D eigenvalue weighted by Crippen LogP contribution is -2.61. The maximum Gasteiger partial charge on any atom is 0.0430 e. The molecule has 2 atom stereocenters. The van der Waals surface area contributed by atoms with Gasteiger partial charge in [-0.15, -0.1) is 0 Å². The summed E-state index contributed by atoms with van der Waals surface area (Å²) >= 11 is 2.11. The third-order valence-electron chi connectivity index (χ3n) is 4.51. The lowest BCUT2D eigenvalue weighted by atomic mass is 9.78. The molecule has 0 aromatic rings. The number of nitrogens with two attached hydrogens (primary N) is 1. The summed E-state index contributed by atoms with van der Waals surface area (Å²) in [6.07, 6.45) is 5.31. The van der Waals surface area contributed by atoms with Crippen LogP contribution in [0, 0.1) is 5.41 Å². The van der Waals surface area contributed by atoms with Crippen molar-refractivity contribution in [1.29, 1.82) is 0 Å². The van der Waals surface area contributed by atoms with Gasteiger partial charge in [0.05, 0.1) is 0 Å². The molecule has 0 amide bonds. The number of hydrogen-bond donors (Lipinski definition) is 1. The average Bonchev–Trinajstić information content (AvgIpc) is 2.76. The summed E-state index contributed by atoms with van der Waals surface area (Å²) in [7, 11) is 0. The van der Waals surface area contributed by atoms with Crippen LogP contribution in [0.3, 0.4) is 0 Å². The first kappa shape index (κ1) is 13.7. The third kappa shape index (κ3) is 2.66. The molecule has 2 saturated heterocycles. The van der Waals surface area contributed by atoms with E-state index in [0.29, 0.717) is 5.41 Å². The highest BCUT2D eigenvalue weighted by atomic mass is 32.2. The smallest absolute Gasteiger partial charge is 0.0430 e. The van der Waals surface area contributed by atoms with Crippen molar-refractivity contribution < 1.29 is 0 Å². The largest absolute Gasteiger partial charge is 0.329 e. The summed E-state index contributed by atoms with van der Waals surface area (Å²) in [5.41, 5.74) is 6.93. The van der Waals surface area contributed by atoms with Crippen LogP contribution in [-0.2, 0) is 0 Å². The standard InChI is InChI=1S/C14H28N2S/c1-4-12-6-5-7-16(12)14(9-15)8-13(2,3)10-17-11-14/h12H,4-11,15H2,1-3H3. The molecule has 2 heterocycles. The topological polar surface area (TPSA) is 29.3 Å². The molecule has 2 rings (SSSR count). The van der Waals surface area contributed by atoms with E-state index in [9.17, 15) is 0 Å². The van der Waals surface area contributed by atoms with Gasteiger partial charge < -0.3 is 5.73 Å². The Bertz CT molecular complexity index is 267. The Labute approximate surface area is 111 Å². The van der Waals surface area contributed by atoms with Crippen LogP contribution in [0.2, 0.25) is 0 Å². The molecule has 0 aromatic heterocycles. The minimum atomic E-state index is 0.281. The molecule has 17 heavy (non-hydrogen) atoms. The van der Waals surface area contributed by atoms with E-state index in [2.05, 4.69) is 37.4 Å². The summed E-state index contributed by atoms with van der Waals surface area (Å²) < 4.78 is 0. The van der Waals surface area contributed by atoms with Gasteiger partial charge in [-0.25, -0.2) is 0 Å². The quantitative estimate of drug-likeness (QED) is 0.842. The zero-order chi connectivity index (χ0) is 12.5. The Hall–Kier alpha value is 0.270. The molecular formula is C14H28N2S. The predicted octanol–water partition coefficient (Wildman–Crippen LogP) is 2.72. The van der Waals surface area contributed by atoms with Crippen LogP contribution in [0.5, 0.6) is 0 Å². The summed E-state index contributed by atoms with van der Waals surface area (Å²) in [4.78, 5) is 2.76. The van der Waals surface area contributed by atoms with E-state index >= 15 is 0 Å². The first-order chi connectivity index (χ1) is 8.03. The first-order valence-corrected chi connectivity index (χ1v) is 8.23. The van der Waals surface area contributed by atoms with Crippen LogP contribution in [0.25, 0.3) is 0 Å². The predicted molar refractivity (Wildman–Crippen MR) is 77.5 cm³/mol. The molecule has 2 fully saturated rings. The van der Waals surface area contributed by atoms with Crippen molar-refractivity contribution in [2.75, 3.05) is 24.6 Å². The lowest BCUT2D eigenvalue weighted by Gasteiger charge is -2.51. The van der Waals surface area contributed by atoms with Crippen LogP contribution >= 0.6 is 11.8 Å². The summed E-state index contributed by atoms with van der Waals surface area (Å²) in [6.45, 7) is 9.24. The Morgan fingerprint density at radius 1 is 1.35 bits per heavy atom. The first-order valence-electron chi connectivity index (χ1n) is 7.08. The van der Waals surface area contributed by atoms with E-state index in [1.807, 2.05) is 0 Å². The van der Waals surface area contributed by atoms with E-state index in [-0.39, 0.29) is 5.54 Å². The van der Waals surface area contributed by atoms with Crippen molar-refractivity contribution in [2.45, 2.75) is 58.0 Å². The van der Waals surface area contributed by atoms with E-state index in [0.717, 1.165) is 12.6 Å². The second-order valence-electron chi connectivity index (χ2n) is 6.66. The second kappa shape index (κ2) is 5.10. The fourth-order valence-electron chi connectivity index (χ4n) is 3.83. The third-order valence-corrected chi connectivity index (χ3v) is 6.24. The van der Waals surface area contributed by atoms with Crippen LogP contribution in [0.4, 0.5) is 0 Å². The van der Waals surface area contributed by atoms with Crippen molar-refractivity contribution in [1.82, 2.24) is 4.90 Å². The molecule has 0 bridgehead atoms. The maximum atomic E-state index is 6.20. The van der Waals surface area contributed by atoms with Crippen LogP contribution in [-0.4, -0.2) is 41.1 Å². The van der Waals surface area contributed by atoms with E-state index in [4.69, 9.17) is 5.73 Å². The van der Waals surface area contributed by atoms with Crippen molar-refractivity contribution in [2.24, 2.45) is 11.1 Å². The Balaban J connectivity index is 2.18. The van der Waals surface area contributed by atoms with Gasteiger partial charge in [0.2, 0.25) is 0 Å². The molecule has 2 aliphatic rings. The van der Waals surface area contributed by atoms with Crippen LogP contribution < -0.4 is 5.73 Å². The van der Waals surface area contributed by atoms with Gasteiger partial charge in [0.15, 0.2) is 0 Å². The zero-order valence-electron chi connectivity index (χ0n) is 11.7. The minimum absolute atomic E-state index is 0.281. The molecule has 2 nitrogen and oxygen atoms in total. The van der Waals surface area contributed by atoms with E-state index in [1.54, 1.807) is 0 Å². The Morgan fingerprint density at radius 2 is 2.12 bits per heavy atom. The molecule has 0 spiro atoms.